The zero-order chi connectivity index (χ0) is 20.1. The molecule has 3 aromatic rings. The number of aromatic nitrogens is 2. The van der Waals surface area contributed by atoms with Crippen molar-refractivity contribution in [2.24, 2.45) is 0 Å². The average Bonchev–Trinajstić information content (AvgIpc) is 3.17. The van der Waals surface area contributed by atoms with E-state index in [-0.39, 0.29) is 17.2 Å². The highest BCUT2D eigenvalue weighted by molar-refractivity contribution is 5.95. The summed E-state index contributed by atoms with van der Waals surface area (Å²) in [5.74, 6) is -0.293. The van der Waals surface area contributed by atoms with E-state index in [2.05, 4.69) is 10.4 Å². The van der Waals surface area contributed by atoms with Gasteiger partial charge in [-0.2, -0.15) is 5.10 Å². The van der Waals surface area contributed by atoms with Crippen LogP contribution in [0.3, 0.4) is 0 Å². The SMILES string of the molecule is CCNc1ccc(C(=O)N(C)Cc2cnn(-c3ccccc3)c2)cc1[N+](=O)[O-]. The molecule has 0 aliphatic carbocycles. The first kappa shape index (κ1) is 19.1. The molecule has 0 fully saturated rings. The number of amides is 1. The third kappa shape index (κ3) is 4.17. The molecule has 1 aromatic heterocycles. The zero-order valence-corrected chi connectivity index (χ0v) is 15.7. The highest BCUT2D eigenvalue weighted by Crippen LogP contribution is 2.26. The maximum atomic E-state index is 12.7. The Morgan fingerprint density at radius 3 is 2.68 bits per heavy atom. The van der Waals surface area contributed by atoms with Crippen LogP contribution in [0.4, 0.5) is 11.4 Å². The normalized spacial score (nSPS) is 10.5. The summed E-state index contributed by atoms with van der Waals surface area (Å²) in [6.07, 6.45) is 3.56. The van der Waals surface area contributed by atoms with Crippen molar-refractivity contribution in [1.82, 2.24) is 14.7 Å². The van der Waals surface area contributed by atoms with Gasteiger partial charge in [-0.3, -0.25) is 14.9 Å². The summed E-state index contributed by atoms with van der Waals surface area (Å²) in [5.41, 5.74) is 2.34. The number of benzene rings is 2. The van der Waals surface area contributed by atoms with Crippen LogP contribution in [0, 0.1) is 10.1 Å². The van der Waals surface area contributed by atoms with Gasteiger partial charge in [0.15, 0.2) is 0 Å². The number of carbonyl (C=O) groups excluding carboxylic acids is 1. The number of carbonyl (C=O) groups is 1. The van der Waals surface area contributed by atoms with Crippen LogP contribution in [0.5, 0.6) is 0 Å². The van der Waals surface area contributed by atoms with E-state index in [1.807, 2.05) is 43.5 Å². The van der Waals surface area contributed by atoms with Gasteiger partial charge in [0, 0.05) is 43.5 Å². The Balaban J connectivity index is 1.75. The van der Waals surface area contributed by atoms with Gasteiger partial charge in [-0.05, 0) is 31.2 Å². The lowest BCUT2D eigenvalue weighted by atomic mass is 10.1. The molecule has 0 radical (unpaired) electrons. The Kier molecular flexibility index (Phi) is 5.69. The summed E-state index contributed by atoms with van der Waals surface area (Å²) in [6.45, 7) is 2.75. The summed E-state index contributed by atoms with van der Waals surface area (Å²) < 4.78 is 1.74. The van der Waals surface area contributed by atoms with Gasteiger partial charge in [0.25, 0.3) is 11.6 Å². The Bertz CT molecular complexity index is 985. The van der Waals surface area contributed by atoms with Crippen molar-refractivity contribution in [2.75, 3.05) is 18.9 Å². The quantitative estimate of drug-likeness (QED) is 0.501. The second-order valence-electron chi connectivity index (χ2n) is 6.31. The van der Waals surface area contributed by atoms with Crippen LogP contribution in [0.15, 0.2) is 60.9 Å². The van der Waals surface area contributed by atoms with E-state index in [1.165, 1.54) is 11.0 Å². The zero-order valence-electron chi connectivity index (χ0n) is 15.7. The highest BCUT2D eigenvalue weighted by Gasteiger charge is 2.19. The number of hydrogen-bond acceptors (Lipinski definition) is 5. The molecule has 0 saturated heterocycles. The van der Waals surface area contributed by atoms with Crippen LogP contribution in [0.25, 0.3) is 5.69 Å². The summed E-state index contributed by atoms with van der Waals surface area (Å²) in [5, 5.41) is 18.6. The molecule has 0 spiro atoms. The number of anilines is 1. The first-order valence-corrected chi connectivity index (χ1v) is 8.86. The van der Waals surface area contributed by atoms with Crippen LogP contribution in [-0.4, -0.2) is 39.1 Å². The maximum Gasteiger partial charge on any atom is 0.293 e. The van der Waals surface area contributed by atoms with Gasteiger partial charge in [-0.15, -0.1) is 0 Å². The van der Waals surface area contributed by atoms with E-state index in [0.29, 0.717) is 18.8 Å². The predicted octanol–water partition coefficient (Wildman–Crippen LogP) is 3.48. The number of rotatable bonds is 7. The van der Waals surface area contributed by atoms with Crippen LogP contribution < -0.4 is 5.32 Å². The Morgan fingerprint density at radius 1 is 1.25 bits per heavy atom. The van der Waals surface area contributed by atoms with E-state index in [9.17, 15) is 14.9 Å². The molecule has 0 atom stereocenters. The first-order chi connectivity index (χ1) is 13.5. The lowest BCUT2D eigenvalue weighted by molar-refractivity contribution is -0.384. The monoisotopic (exact) mass is 379 g/mol. The minimum Gasteiger partial charge on any atom is -0.380 e. The van der Waals surface area contributed by atoms with Crippen molar-refractivity contribution in [3.63, 3.8) is 0 Å². The second-order valence-corrected chi connectivity index (χ2v) is 6.31. The van der Waals surface area contributed by atoms with Gasteiger partial charge in [0.2, 0.25) is 0 Å². The van der Waals surface area contributed by atoms with Crippen molar-refractivity contribution in [3.05, 3.63) is 82.2 Å². The molecule has 0 aliphatic heterocycles. The van der Waals surface area contributed by atoms with E-state index < -0.39 is 4.92 Å². The van der Waals surface area contributed by atoms with Crippen molar-refractivity contribution >= 4 is 17.3 Å². The summed E-state index contributed by atoms with van der Waals surface area (Å²) in [4.78, 5) is 25.0. The van der Waals surface area contributed by atoms with E-state index in [4.69, 9.17) is 0 Å². The van der Waals surface area contributed by atoms with Gasteiger partial charge in [0.05, 0.1) is 16.8 Å². The summed E-state index contributed by atoms with van der Waals surface area (Å²) in [6, 6.07) is 14.1. The van der Waals surface area contributed by atoms with Gasteiger partial charge in [-0.1, -0.05) is 18.2 Å². The van der Waals surface area contributed by atoms with Crippen molar-refractivity contribution < 1.29 is 9.72 Å². The molecule has 0 aliphatic rings. The molecule has 1 N–H and O–H groups in total. The van der Waals surface area contributed by atoms with Crippen molar-refractivity contribution in [3.8, 4) is 5.69 Å². The minimum absolute atomic E-state index is 0.113. The smallest absolute Gasteiger partial charge is 0.293 e. The summed E-state index contributed by atoms with van der Waals surface area (Å²) in [7, 11) is 1.66. The van der Waals surface area contributed by atoms with Gasteiger partial charge in [-0.25, -0.2) is 4.68 Å². The molecule has 8 heteroatoms. The topological polar surface area (TPSA) is 93.3 Å². The molecule has 1 amide bonds. The van der Waals surface area contributed by atoms with Crippen LogP contribution in [0.1, 0.15) is 22.8 Å². The Morgan fingerprint density at radius 2 is 2.00 bits per heavy atom. The standard InChI is InChI=1S/C20H21N5O3/c1-3-21-18-10-9-16(11-19(18)25(27)28)20(26)23(2)13-15-12-22-24(14-15)17-7-5-4-6-8-17/h4-12,14,21H,3,13H2,1-2H3. The second kappa shape index (κ2) is 8.34. The lowest BCUT2D eigenvalue weighted by Crippen LogP contribution is -2.26. The molecule has 8 nitrogen and oxygen atoms in total. The molecular formula is C20H21N5O3. The van der Waals surface area contributed by atoms with E-state index >= 15 is 0 Å². The number of hydrogen-bond donors (Lipinski definition) is 1. The van der Waals surface area contributed by atoms with Crippen LogP contribution in [-0.2, 0) is 6.54 Å². The Hall–Kier alpha value is -3.68. The molecule has 2 aromatic carbocycles. The molecule has 3 rings (SSSR count). The number of nitrogens with one attached hydrogen (secondary N) is 1. The van der Waals surface area contributed by atoms with Gasteiger partial charge >= 0.3 is 0 Å². The van der Waals surface area contributed by atoms with Crippen molar-refractivity contribution in [1.29, 1.82) is 0 Å². The Labute approximate surface area is 162 Å². The summed E-state index contributed by atoms with van der Waals surface area (Å²) >= 11 is 0. The molecule has 28 heavy (non-hydrogen) atoms. The fraction of sp³-hybridized carbons (Fsp3) is 0.200. The first-order valence-electron chi connectivity index (χ1n) is 8.86. The fourth-order valence-electron chi connectivity index (χ4n) is 2.89. The fourth-order valence-corrected chi connectivity index (χ4v) is 2.89. The molecule has 1 heterocycles. The molecular weight excluding hydrogens is 358 g/mol. The van der Waals surface area contributed by atoms with Crippen molar-refractivity contribution in [2.45, 2.75) is 13.5 Å². The minimum atomic E-state index is -0.487. The van der Waals surface area contributed by atoms with Crippen LogP contribution >= 0.6 is 0 Å². The van der Waals surface area contributed by atoms with E-state index in [0.717, 1.165) is 11.3 Å². The molecule has 0 saturated carbocycles. The number of nitrogens with zero attached hydrogens (tertiary/aromatic N) is 4. The van der Waals surface area contributed by atoms with Crippen LogP contribution in [0.2, 0.25) is 0 Å². The number of nitro benzene ring substituents is 1. The molecule has 0 bridgehead atoms. The van der Waals surface area contributed by atoms with E-state index in [1.54, 1.807) is 30.1 Å². The molecule has 0 unspecified atom stereocenters. The maximum absolute atomic E-state index is 12.7. The third-order valence-electron chi connectivity index (χ3n) is 4.23. The van der Waals surface area contributed by atoms with Gasteiger partial charge < -0.3 is 10.2 Å². The molecule has 144 valence electrons. The third-order valence-corrected chi connectivity index (χ3v) is 4.23. The average molecular weight is 379 g/mol. The predicted molar refractivity (Wildman–Crippen MR) is 107 cm³/mol. The number of para-hydroxylation sites is 1. The van der Waals surface area contributed by atoms with Gasteiger partial charge in [0.1, 0.15) is 5.69 Å². The largest absolute Gasteiger partial charge is 0.380 e. The number of nitro groups is 1. The lowest BCUT2D eigenvalue weighted by Gasteiger charge is -2.16. The highest BCUT2D eigenvalue weighted by atomic mass is 16.6.